The van der Waals surface area contributed by atoms with Crippen LogP contribution in [0.5, 0.6) is 0 Å². The van der Waals surface area contributed by atoms with Gasteiger partial charge in [-0.05, 0) is 36.5 Å². The molecule has 1 amide bonds. The lowest BCUT2D eigenvalue weighted by Gasteiger charge is -2.26. The molecule has 7 heteroatoms. The summed E-state index contributed by atoms with van der Waals surface area (Å²) in [6.45, 7) is 5.67. The topological polar surface area (TPSA) is 69.0 Å². The van der Waals surface area contributed by atoms with Crippen LogP contribution in [0, 0.1) is 11.8 Å². The van der Waals surface area contributed by atoms with Crippen molar-refractivity contribution in [2.75, 3.05) is 6.61 Å². The molecule has 0 spiro atoms. The lowest BCUT2D eigenvalue weighted by molar-refractivity contribution is -0.127. The van der Waals surface area contributed by atoms with Gasteiger partial charge in [0.1, 0.15) is 5.69 Å². The fraction of sp³-hybridized carbons (Fsp3) is 0.526. The first-order chi connectivity index (χ1) is 12.5. The standard InChI is InChI=1S/C19H25ClN4O2/c1-13(2)18-12-26-11-17-10-24(23-22-17)7-6-15(19(25)21-18)8-14-4-3-5-16(20)9-14/h3-5,9-10,13,15,18H,6-8,11-12H2,1-2H3,(H,21,25)/t15-,18+/m1/s1. The van der Waals surface area contributed by atoms with Crippen molar-refractivity contribution in [2.45, 2.75) is 45.9 Å². The van der Waals surface area contributed by atoms with Gasteiger partial charge < -0.3 is 10.1 Å². The molecule has 0 fully saturated rings. The molecule has 0 radical (unpaired) electrons. The van der Waals surface area contributed by atoms with E-state index < -0.39 is 0 Å². The quantitative estimate of drug-likeness (QED) is 0.894. The molecule has 2 aromatic rings. The van der Waals surface area contributed by atoms with Crippen molar-refractivity contribution in [1.29, 1.82) is 0 Å². The van der Waals surface area contributed by atoms with Gasteiger partial charge in [-0.3, -0.25) is 9.48 Å². The molecule has 6 nitrogen and oxygen atoms in total. The second-order valence-corrected chi connectivity index (χ2v) is 7.60. The third kappa shape index (κ3) is 5.05. The summed E-state index contributed by atoms with van der Waals surface area (Å²) in [5, 5.41) is 12.1. The van der Waals surface area contributed by atoms with Gasteiger partial charge in [0.05, 0.1) is 25.5 Å². The molecule has 0 aliphatic carbocycles. The van der Waals surface area contributed by atoms with E-state index in [1.54, 1.807) is 4.68 Å². The second-order valence-electron chi connectivity index (χ2n) is 7.17. The summed E-state index contributed by atoms with van der Waals surface area (Å²) in [5.74, 6) is 0.166. The molecule has 0 unspecified atom stereocenters. The van der Waals surface area contributed by atoms with E-state index in [-0.39, 0.29) is 23.8 Å². The molecular formula is C19H25ClN4O2. The molecule has 140 valence electrons. The predicted octanol–water partition coefficient (Wildman–Crippen LogP) is 2.85. The van der Waals surface area contributed by atoms with Gasteiger partial charge in [-0.25, -0.2) is 0 Å². The molecule has 2 heterocycles. The SMILES string of the molecule is CC(C)[C@@H]1COCc2cn(nn2)CC[C@H](Cc2cccc(Cl)c2)C(=O)N1. The summed E-state index contributed by atoms with van der Waals surface area (Å²) in [6, 6.07) is 7.65. The highest BCUT2D eigenvalue weighted by atomic mass is 35.5. The smallest absolute Gasteiger partial charge is 0.223 e. The first-order valence-corrected chi connectivity index (χ1v) is 9.40. The normalized spacial score (nSPS) is 21.8. The van der Waals surface area contributed by atoms with E-state index in [2.05, 4.69) is 29.5 Å². The number of fused-ring (bicyclic) bond motifs is 2. The molecular weight excluding hydrogens is 352 g/mol. The van der Waals surface area contributed by atoms with Crippen LogP contribution in [0.4, 0.5) is 0 Å². The Balaban J connectivity index is 1.80. The van der Waals surface area contributed by atoms with Crippen molar-refractivity contribution in [3.05, 3.63) is 46.7 Å². The number of amides is 1. The highest BCUT2D eigenvalue weighted by Crippen LogP contribution is 2.19. The van der Waals surface area contributed by atoms with Crippen molar-refractivity contribution in [3.63, 3.8) is 0 Å². The van der Waals surface area contributed by atoms with E-state index >= 15 is 0 Å². The Labute approximate surface area is 158 Å². The van der Waals surface area contributed by atoms with Gasteiger partial charge in [0.2, 0.25) is 5.91 Å². The Kier molecular flexibility index (Phi) is 6.27. The van der Waals surface area contributed by atoms with Gasteiger partial charge in [-0.15, -0.1) is 5.10 Å². The maximum atomic E-state index is 13.0. The number of rotatable bonds is 3. The number of hydrogen-bond donors (Lipinski definition) is 1. The summed E-state index contributed by atoms with van der Waals surface area (Å²) in [6.07, 6.45) is 3.22. The lowest BCUT2D eigenvalue weighted by atomic mass is 9.94. The number of hydrogen-bond acceptors (Lipinski definition) is 4. The molecule has 2 atom stereocenters. The molecule has 1 aliphatic rings. The molecule has 1 aliphatic heterocycles. The number of carbonyl (C=O) groups excluding carboxylic acids is 1. The van der Waals surface area contributed by atoms with E-state index in [9.17, 15) is 4.79 Å². The van der Waals surface area contributed by atoms with E-state index in [1.165, 1.54) is 0 Å². The molecule has 26 heavy (non-hydrogen) atoms. The highest BCUT2D eigenvalue weighted by molar-refractivity contribution is 6.30. The molecule has 1 N–H and O–H groups in total. The Morgan fingerprint density at radius 2 is 2.27 bits per heavy atom. The number of halogens is 1. The van der Waals surface area contributed by atoms with Gasteiger partial charge in [0.25, 0.3) is 0 Å². The third-order valence-corrected chi connectivity index (χ3v) is 4.95. The number of aryl methyl sites for hydroxylation is 1. The number of nitrogens with one attached hydrogen (secondary N) is 1. The van der Waals surface area contributed by atoms with Crippen LogP contribution in [0.15, 0.2) is 30.5 Å². The van der Waals surface area contributed by atoms with Crippen molar-refractivity contribution in [2.24, 2.45) is 11.8 Å². The van der Waals surface area contributed by atoms with Crippen molar-refractivity contribution < 1.29 is 9.53 Å². The van der Waals surface area contributed by atoms with Crippen LogP contribution in [-0.2, 0) is 29.1 Å². The Hall–Kier alpha value is -1.92. The Bertz CT molecular complexity index is 747. The van der Waals surface area contributed by atoms with E-state index in [0.29, 0.717) is 37.6 Å². The van der Waals surface area contributed by atoms with Crippen LogP contribution in [0.1, 0.15) is 31.5 Å². The van der Waals surface area contributed by atoms with E-state index in [4.69, 9.17) is 16.3 Å². The summed E-state index contributed by atoms with van der Waals surface area (Å²) >= 11 is 6.10. The van der Waals surface area contributed by atoms with Gasteiger partial charge in [0, 0.05) is 17.5 Å². The summed E-state index contributed by atoms with van der Waals surface area (Å²) in [7, 11) is 0. The Morgan fingerprint density at radius 1 is 1.42 bits per heavy atom. The number of benzene rings is 1. The fourth-order valence-electron chi connectivity index (χ4n) is 3.07. The third-order valence-electron chi connectivity index (χ3n) is 4.71. The maximum Gasteiger partial charge on any atom is 0.223 e. The minimum atomic E-state index is -0.165. The molecule has 0 saturated heterocycles. The predicted molar refractivity (Wildman–Crippen MR) is 99.7 cm³/mol. The number of nitrogens with zero attached hydrogens (tertiary/aromatic N) is 3. The van der Waals surface area contributed by atoms with Gasteiger partial charge in [0.15, 0.2) is 0 Å². The van der Waals surface area contributed by atoms with Gasteiger partial charge >= 0.3 is 0 Å². The van der Waals surface area contributed by atoms with Crippen LogP contribution in [0.25, 0.3) is 0 Å². The minimum absolute atomic E-state index is 0.0289. The van der Waals surface area contributed by atoms with Crippen molar-refractivity contribution in [3.8, 4) is 0 Å². The van der Waals surface area contributed by atoms with Crippen LogP contribution < -0.4 is 5.32 Å². The van der Waals surface area contributed by atoms with Gasteiger partial charge in [-0.1, -0.05) is 42.8 Å². The molecule has 1 aromatic carbocycles. The molecule has 0 saturated carbocycles. The molecule has 3 rings (SSSR count). The first kappa shape index (κ1) is 18.9. The summed E-state index contributed by atoms with van der Waals surface area (Å²) in [4.78, 5) is 13.0. The van der Waals surface area contributed by atoms with Gasteiger partial charge in [-0.2, -0.15) is 0 Å². The van der Waals surface area contributed by atoms with Crippen LogP contribution in [0.2, 0.25) is 5.02 Å². The number of carbonyl (C=O) groups is 1. The zero-order chi connectivity index (χ0) is 18.5. The van der Waals surface area contributed by atoms with Crippen LogP contribution >= 0.6 is 11.6 Å². The number of ether oxygens (including phenoxy) is 1. The van der Waals surface area contributed by atoms with E-state index in [0.717, 1.165) is 11.3 Å². The summed E-state index contributed by atoms with van der Waals surface area (Å²) in [5.41, 5.74) is 1.87. The maximum absolute atomic E-state index is 13.0. The largest absolute Gasteiger partial charge is 0.373 e. The zero-order valence-corrected chi connectivity index (χ0v) is 15.9. The average Bonchev–Trinajstić information content (AvgIpc) is 3.04. The fourth-order valence-corrected chi connectivity index (χ4v) is 3.28. The first-order valence-electron chi connectivity index (χ1n) is 9.03. The molecule has 1 aromatic heterocycles. The highest BCUT2D eigenvalue weighted by Gasteiger charge is 2.24. The lowest BCUT2D eigenvalue weighted by Crippen LogP contribution is -2.45. The Morgan fingerprint density at radius 3 is 3.04 bits per heavy atom. The second kappa shape index (κ2) is 8.64. The minimum Gasteiger partial charge on any atom is -0.373 e. The average molecular weight is 377 g/mol. The van der Waals surface area contributed by atoms with Crippen molar-refractivity contribution in [1.82, 2.24) is 20.3 Å². The zero-order valence-electron chi connectivity index (χ0n) is 15.2. The van der Waals surface area contributed by atoms with Crippen LogP contribution in [0.3, 0.4) is 0 Å². The van der Waals surface area contributed by atoms with Crippen molar-refractivity contribution >= 4 is 17.5 Å². The summed E-state index contributed by atoms with van der Waals surface area (Å²) < 4.78 is 7.52. The number of aromatic nitrogens is 3. The molecule has 2 bridgehead atoms. The monoisotopic (exact) mass is 376 g/mol. The van der Waals surface area contributed by atoms with E-state index in [1.807, 2.05) is 30.5 Å². The van der Waals surface area contributed by atoms with Crippen LogP contribution in [-0.4, -0.2) is 33.5 Å².